The van der Waals surface area contributed by atoms with Gasteiger partial charge in [0.05, 0.1) is 0 Å². The van der Waals surface area contributed by atoms with Crippen molar-refractivity contribution in [2.45, 2.75) is 33.2 Å². The van der Waals surface area contributed by atoms with Crippen molar-refractivity contribution in [2.24, 2.45) is 5.41 Å². The molecule has 0 saturated carbocycles. The lowest BCUT2D eigenvalue weighted by molar-refractivity contribution is 0.271. The quantitative estimate of drug-likeness (QED) is 0.506. The molecule has 0 fully saturated rings. The van der Waals surface area contributed by atoms with E-state index in [4.69, 9.17) is 0 Å². The Morgan fingerprint density at radius 2 is 2.00 bits per heavy atom. The third kappa shape index (κ3) is 1.84. The molecule has 1 heteroatoms. The van der Waals surface area contributed by atoms with Gasteiger partial charge in [-0.05, 0) is 11.8 Å². The zero-order valence-corrected chi connectivity index (χ0v) is 7.15. The van der Waals surface area contributed by atoms with Crippen LogP contribution in [-0.2, 0) is 0 Å². The SMILES string of the molecule is CC(C)(C)[C@@H]1CC=CCN1. The largest absolute Gasteiger partial charge is 0.310 e. The normalized spacial score (nSPS) is 26.9. The van der Waals surface area contributed by atoms with Crippen LogP contribution in [0.5, 0.6) is 0 Å². The molecule has 0 aromatic rings. The van der Waals surface area contributed by atoms with Gasteiger partial charge in [0.15, 0.2) is 0 Å². The minimum Gasteiger partial charge on any atom is -0.310 e. The summed E-state index contributed by atoms with van der Waals surface area (Å²) in [5, 5.41) is 3.47. The third-order valence-corrected chi connectivity index (χ3v) is 2.07. The summed E-state index contributed by atoms with van der Waals surface area (Å²) in [6, 6.07) is 0.664. The van der Waals surface area contributed by atoms with Crippen LogP contribution in [-0.4, -0.2) is 12.6 Å². The van der Waals surface area contributed by atoms with E-state index in [2.05, 4.69) is 38.2 Å². The van der Waals surface area contributed by atoms with Crippen LogP contribution in [0.15, 0.2) is 12.2 Å². The van der Waals surface area contributed by atoms with Crippen LogP contribution < -0.4 is 5.32 Å². The average Bonchev–Trinajstić information content (AvgIpc) is 1.88. The summed E-state index contributed by atoms with van der Waals surface area (Å²) < 4.78 is 0. The monoisotopic (exact) mass is 139 g/mol. The zero-order chi connectivity index (χ0) is 7.61. The molecule has 0 aromatic heterocycles. The van der Waals surface area contributed by atoms with E-state index in [0.29, 0.717) is 11.5 Å². The molecular formula is C9H17N. The van der Waals surface area contributed by atoms with Crippen LogP contribution in [0, 0.1) is 5.41 Å². The Morgan fingerprint density at radius 3 is 2.30 bits per heavy atom. The van der Waals surface area contributed by atoms with E-state index in [1.54, 1.807) is 0 Å². The second-order valence-corrected chi connectivity index (χ2v) is 4.03. The lowest BCUT2D eigenvalue weighted by Gasteiger charge is -2.32. The van der Waals surface area contributed by atoms with Crippen LogP contribution in [0.3, 0.4) is 0 Å². The number of hydrogen-bond donors (Lipinski definition) is 1. The molecule has 0 radical (unpaired) electrons. The molecule has 1 aliphatic heterocycles. The van der Waals surface area contributed by atoms with Crippen molar-refractivity contribution in [1.82, 2.24) is 5.32 Å². The summed E-state index contributed by atoms with van der Waals surface area (Å²) in [5.74, 6) is 0. The van der Waals surface area contributed by atoms with Gasteiger partial charge in [-0.15, -0.1) is 0 Å². The third-order valence-electron chi connectivity index (χ3n) is 2.07. The molecule has 0 aromatic carbocycles. The Balaban J connectivity index is 2.49. The predicted octanol–water partition coefficient (Wildman–Crippen LogP) is 1.95. The smallest absolute Gasteiger partial charge is 0.0153 e. The summed E-state index contributed by atoms with van der Waals surface area (Å²) >= 11 is 0. The highest BCUT2D eigenvalue weighted by atomic mass is 14.9. The number of rotatable bonds is 0. The molecule has 0 amide bonds. The first-order valence-corrected chi connectivity index (χ1v) is 3.99. The number of nitrogens with one attached hydrogen (secondary N) is 1. The molecule has 0 saturated heterocycles. The fourth-order valence-electron chi connectivity index (χ4n) is 1.27. The van der Waals surface area contributed by atoms with Gasteiger partial charge >= 0.3 is 0 Å². The molecule has 0 unspecified atom stereocenters. The van der Waals surface area contributed by atoms with Crippen molar-refractivity contribution in [1.29, 1.82) is 0 Å². The second kappa shape index (κ2) is 2.75. The maximum Gasteiger partial charge on any atom is 0.0153 e. The van der Waals surface area contributed by atoms with E-state index >= 15 is 0 Å². The van der Waals surface area contributed by atoms with Crippen molar-refractivity contribution >= 4 is 0 Å². The Hall–Kier alpha value is -0.300. The van der Waals surface area contributed by atoms with E-state index < -0.39 is 0 Å². The molecule has 0 aliphatic carbocycles. The molecule has 1 N–H and O–H groups in total. The first-order chi connectivity index (χ1) is 4.61. The molecule has 1 atom stereocenters. The van der Waals surface area contributed by atoms with Crippen LogP contribution in [0.25, 0.3) is 0 Å². The predicted molar refractivity (Wildman–Crippen MR) is 45.0 cm³/mol. The van der Waals surface area contributed by atoms with Crippen molar-refractivity contribution in [3.8, 4) is 0 Å². The maximum absolute atomic E-state index is 3.47. The van der Waals surface area contributed by atoms with Gasteiger partial charge in [0, 0.05) is 12.6 Å². The van der Waals surface area contributed by atoms with Gasteiger partial charge in [0.1, 0.15) is 0 Å². The Labute approximate surface area is 63.5 Å². The zero-order valence-electron chi connectivity index (χ0n) is 7.15. The Morgan fingerprint density at radius 1 is 1.30 bits per heavy atom. The van der Waals surface area contributed by atoms with E-state index in [0.717, 1.165) is 6.54 Å². The Bertz CT molecular complexity index is 130. The summed E-state index contributed by atoms with van der Waals surface area (Å²) in [6.07, 6.45) is 5.65. The molecule has 0 bridgehead atoms. The summed E-state index contributed by atoms with van der Waals surface area (Å²) in [5.41, 5.74) is 0.408. The fraction of sp³-hybridized carbons (Fsp3) is 0.778. The summed E-state index contributed by atoms with van der Waals surface area (Å²) in [4.78, 5) is 0. The van der Waals surface area contributed by atoms with Gasteiger partial charge in [-0.3, -0.25) is 0 Å². The maximum atomic E-state index is 3.47. The molecule has 1 aliphatic rings. The van der Waals surface area contributed by atoms with Gasteiger partial charge in [0.25, 0.3) is 0 Å². The van der Waals surface area contributed by atoms with E-state index in [-0.39, 0.29) is 0 Å². The van der Waals surface area contributed by atoms with Crippen molar-refractivity contribution in [3.63, 3.8) is 0 Å². The van der Waals surface area contributed by atoms with Gasteiger partial charge in [0.2, 0.25) is 0 Å². The van der Waals surface area contributed by atoms with E-state index in [9.17, 15) is 0 Å². The van der Waals surface area contributed by atoms with Crippen LogP contribution >= 0.6 is 0 Å². The lowest BCUT2D eigenvalue weighted by atomic mass is 9.84. The molecule has 58 valence electrons. The molecule has 1 rings (SSSR count). The van der Waals surface area contributed by atoms with E-state index in [1.807, 2.05) is 0 Å². The number of hydrogen-bond acceptors (Lipinski definition) is 1. The minimum atomic E-state index is 0.408. The highest BCUT2D eigenvalue weighted by Crippen LogP contribution is 2.23. The van der Waals surface area contributed by atoms with Crippen LogP contribution in [0.4, 0.5) is 0 Å². The van der Waals surface area contributed by atoms with Gasteiger partial charge in [-0.1, -0.05) is 32.9 Å². The van der Waals surface area contributed by atoms with Gasteiger partial charge < -0.3 is 5.32 Å². The van der Waals surface area contributed by atoms with Crippen LogP contribution in [0.1, 0.15) is 27.2 Å². The average molecular weight is 139 g/mol. The molecule has 1 nitrogen and oxygen atoms in total. The summed E-state index contributed by atoms with van der Waals surface area (Å²) in [6.45, 7) is 7.89. The second-order valence-electron chi connectivity index (χ2n) is 4.03. The highest BCUT2D eigenvalue weighted by molar-refractivity contribution is 4.97. The summed E-state index contributed by atoms with van der Waals surface area (Å²) in [7, 11) is 0. The molecular weight excluding hydrogens is 122 g/mol. The highest BCUT2D eigenvalue weighted by Gasteiger charge is 2.23. The Kier molecular flexibility index (Phi) is 2.14. The van der Waals surface area contributed by atoms with Crippen molar-refractivity contribution in [2.75, 3.05) is 6.54 Å². The topological polar surface area (TPSA) is 12.0 Å². The fourth-order valence-corrected chi connectivity index (χ4v) is 1.27. The molecule has 10 heavy (non-hydrogen) atoms. The van der Waals surface area contributed by atoms with Crippen molar-refractivity contribution < 1.29 is 0 Å². The van der Waals surface area contributed by atoms with Crippen LogP contribution in [0.2, 0.25) is 0 Å². The minimum absolute atomic E-state index is 0.408. The molecule has 1 heterocycles. The van der Waals surface area contributed by atoms with E-state index in [1.165, 1.54) is 6.42 Å². The van der Waals surface area contributed by atoms with Gasteiger partial charge in [-0.25, -0.2) is 0 Å². The molecule has 0 spiro atoms. The first-order valence-electron chi connectivity index (χ1n) is 3.99. The standard InChI is InChI=1S/C9H17N/c1-9(2,3)8-6-4-5-7-10-8/h4-5,8,10H,6-7H2,1-3H3/t8-/m0/s1. The first kappa shape index (κ1) is 7.80. The lowest BCUT2D eigenvalue weighted by Crippen LogP contribution is -2.41. The van der Waals surface area contributed by atoms with Gasteiger partial charge in [-0.2, -0.15) is 0 Å². The van der Waals surface area contributed by atoms with Crippen molar-refractivity contribution in [3.05, 3.63) is 12.2 Å².